The molecule has 0 atom stereocenters. The van der Waals surface area contributed by atoms with Crippen molar-refractivity contribution in [3.05, 3.63) is 101 Å². The van der Waals surface area contributed by atoms with Gasteiger partial charge in [-0.2, -0.15) is 0 Å². The molecule has 5 nitrogen and oxygen atoms in total. The van der Waals surface area contributed by atoms with Gasteiger partial charge < -0.3 is 4.74 Å². The SMILES string of the molecule is Cc1ccc(C(=NCc2cc(F)cc(F)c2)NO)c(Oc2ccc3ccccc3c2)n1. The molecule has 0 radical (unpaired) electrons. The molecule has 1 heterocycles. The minimum absolute atomic E-state index is 0.0547. The summed E-state index contributed by atoms with van der Waals surface area (Å²) >= 11 is 0. The van der Waals surface area contributed by atoms with Gasteiger partial charge in [-0.3, -0.25) is 15.7 Å². The molecule has 0 amide bonds. The van der Waals surface area contributed by atoms with E-state index in [0.717, 1.165) is 16.8 Å². The Morgan fingerprint density at radius 1 is 0.968 bits per heavy atom. The quantitative estimate of drug-likeness (QED) is 0.253. The van der Waals surface area contributed by atoms with Gasteiger partial charge in [-0.05, 0) is 59.7 Å². The Balaban J connectivity index is 1.66. The fourth-order valence-corrected chi connectivity index (χ4v) is 3.19. The number of aliphatic imine (C=N–C) groups is 1. The van der Waals surface area contributed by atoms with E-state index in [4.69, 9.17) is 4.74 Å². The largest absolute Gasteiger partial charge is 0.438 e. The first-order chi connectivity index (χ1) is 15.0. The van der Waals surface area contributed by atoms with Crippen LogP contribution in [0.3, 0.4) is 0 Å². The lowest BCUT2D eigenvalue weighted by Crippen LogP contribution is -2.22. The van der Waals surface area contributed by atoms with Crippen LogP contribution < -0.4 is 10.2 Å². The van der Waals surface area contributed by atoms with Crippen molar-refractivity contribution >= 4 is 16.6 Å². The lowest BCUT2D eigenvalue weighted by atomic mass is 10.1. The predicted octanol–water partition coefficient (Wildman–Crippen LogP) is 5.54. The fraction of sp³-hybridized carbons (Fsp3) is 0.0833. The van der Waals surface area contributed by atoms with E-state index in [1.54, 1.807) is 12.1 Å². The monoisotopic (exact) mass is 419 g/mol. The molecule has 0 aliphatic heterocycles. The molecule has 0 saturated heterocycles. The van der Waals surface area contributed by atoms with E-state index >= 15 is 0 Å². The lowest BCUT2D eigenvalue weighted by molar-refractivity contribution is 0.234. The zero-order chi connectivity index (χ0) is 21.8. The molecule has 3 aromatic carbocycles. The number of halogens is 2. The van der Waals surface area contributed by atoms with Crippen molar-refractivity contribution in [3.8, 4) is 11.6 Å². The molecule has 4 aromatic rings. The van der Waals surface area contributed by atoms with Crippen LogP contribution in [0.1, 0.15) is 16.8 Å². The first-order valence-electron chi connectivity index (χ1n) is 9.56. The van der Waals surface area contributed by atoms with Gasteiger partial charge in [0.25, 0.3) is 0 Å². The highest BCUT2D eigenvalue weighted by Gasteiger charge is 2.14. The third-order valence-electron chi connectivity index (χ3n) is 4.64. The number of pyridine rings is 1. The minimum atomic E-state index is -0.693. The van der Waals surface area contributed by atoms with E-state index in [-0.39, 0.29) is 18.3 Å². The van der Waals surface area contributed by atoms with Crippen molar-refractivity contribution < 1.29 is 18.7 Å². The number of amidine groups is 1. The number of aromatic nitrogens is 1. The second kappa shape index (κ2) is 8.89. The second-order valence-corrected chi connectivity index (χ2v) is 6.97. The summed E-state index contributed by atoms with van der Waals surface area (Å²) in [5.74, 6) is -0.515. The van der Waals surface area contributed by atoms with E-state index in [9.17, 15) is 14.0 Å². The first-order valence-corrected chi connectivity index (χ1v) is 9.56. The number of hydrogen-bond acceptors (Lipinski definition) is 4. The molecular weight excluding hydrogens is 400 g/mol. The van der Waals surface area contributed by atoms with Crippen LogP contribution in [0.25, 0.3) is 10.8 Å². The second-order valence-electron chi connectivity index (χ2n) is 6.97. The van der Waals surface area contributed by atoms with E-state index in [1.807, 2.05) is 54.9 Å². The van der Waals surface area contributed by atoms with Gasteiger partial charge in [-0.1, -0.05) is 30.3 Å². The molecule has 2 N–H and O–H groups in total. The summed E-state index contributed by atoms with van der Waals surface area (Å²) in [5, 5.41) is 11.7. The van der Waals surface area contributed by atoms with Gasteiger partial charge in [0.05, 0.1) is 12.1 Å². The van der Waals surface area contributed by atoms with E-state index in [2.05, 4.69) is 9.98 Å². The Hall–Kier alpha value is -3.84. The van der Waals surface area contributed by atoms with E-state index in [0.29, 0.717) is 22.6 Å². The summed E-state index contributed by atoms with van der Waals surface area (Å²) in [6.07, 6.45) is 0. The molecular formula is C24H19F2N3O2. The Morgan fingerprint density at radius 3 is 2.45 bits per heavy atom. The summed E-state index contributed by atoms with van der Waals surface area (Å²) in [5.41, 5.74) is 3.47. The number of ether oxygens (including phenoxy) is 1. The Labute approximate surface area is 177 Å². The van der Waals surface area contributed by atoms with Crippen LogP contribution in [0.4, 0.5) is 8.78 Å². The van der Waals surface area contributed by atoms with Crippen molar-refractivity contribution in [1.82, 2.24) is 10.5 Å². The number of hydrogen-bond donors (Lipinski definition) is 2. The molecule has 0 saturated carbocycles. The number of nitrogens with zero attached hydrogens (tertiary/aromatic N) is 2. The summed E-state index contributed by atoms with van der Waals surface area (Å²) in [4.78, 5) is 8.68. The molecule has 1 aromatic heterocycles. The Bertz CT molecular complexity index is 1250. The first kappa shape index (κ1) is 20.4. The summed E-state index contributed by atoms with van der Waals surface area (Å²) in [7, 11) is 0. The Morgan fingerprint density at radius 2 is 1.71 bits per heavy atom. The molecule has 7 heteroatoms. The fourth-order valence-electron chi connectivity index (χ4n) is 3.19. The average Bonchev–Trinajstić information content (AvgIpc) is 2.74. The third-order valence-corrected chi connectivity index (χ3v) is 4.64. The van der Waals surface area contributed by atoms with E-state index < -0.39 is 11.6 Å². The number of hydroxylamine groups is 1. The number of rotatable bonds is 5. The van der Waals surface area contributed by atoms with Crippen molar-refractivity contribution in [1.29, 1.82) is 0 Å². The molecule has 0 bridgehead atoms. The zero-order valence-electron chi connectivity index (χ0n) is 16.6. The van der Waals surface area contributed by atoms with Crippen LogP contribution in [0.5, 0.6) is 11.6 Å². The van der Waals surface area contributed by atoms with Gasteiger partial charge in [0, 0.05) is 11.8 Å². The van der Waals surface area contributed by atoms with E-state index in [1.165, 1.54) is 12.1 Å². The van der Waals surface area contributed by atoms with Crippen molar-refractivity contribution in [3.63, 3.8) is 0 Å². The summed E-state index contributed by atoms with van der Waals surface area (Å²) < 4.78 is 32.9. The number of aryl methyl sites for hydroxylation is 1. The maximum atomic E-state index is 13.4. The van der Waals surface area contributed by atoms with Gasteiger partial charge in [0.2, 0.25) is 5.88 Å². The van der Waals surface area contributed by atoms with Crippen LogP contribution >= 0.6 is 0 Å². The molecule has 0 aliphatic rings. The third kappa shape index (κ3) is 4.84. The molecule has 156 valence electrons. The molecule has 0 fully saturated rings. The van der Waals surface area contributed by atoms with Gasteiger partial charge in [0.1, 0.15) is 17.4 Å². The molecule has 31 heavy (non-hydrogen) atoms. The molecule has 0 unspecified atom stereocenters. The number of benzene rings is 3. The van der Waals surface area contributed by atoms with Crippen LogP contribution in [-0.4, -0.2) is 16.0 Å². The van der Waals surface area contributed by atoms with Crippen LogP contribution in [0, 0.1) is 18.6 Å². The van der Waals surface area contributed by atoms with Gasteiger partial charge in [-0.15, -0.1) is 0 Å². The highest BCUT2D eigenvalue weighted by atomic mass is 19.1. The minimum Gasteiger partial charge on any atom is -0.438 e. The normalized spacial score (nSPS) is 11.5. The maximum absolute atomic E-state index is 13.4. The molecule has 0 spiro atoms. The van der Waals surface area contributed by atoms with Gasteiger partial charge in [-0.25, -0.2) is 13.8 Å². The van der Waals surface area contributed by atoms with Crippen LogP contribution in [-0.2, 0) is 6.54 Å². The maximum Gasteiger partial charge on any atom is 0.230 e. The average molecular weight is 419 g/mol. The summed E-state index contributed by atoms with van der Waals surface area (Å²) in [6, 6.07) is 20.2. The number of nitrogens with one attached hydrogen (secondary N) is 1. The number of fused-ring (bicyclic) bond motifs is 1. The molecule has 4 rings (SSSR count). The van der Waals surface area contributed by atoms with Crippen molar-refractivity contribution in [2.24, 2.45) is 4.99 Å². The van der Waals surface area contributed by atoms with Gasteiger partial charge in [0.15, 0.2) is 5.84 Å². The molecule has 0 aliphatic carbocycles. The lowest BCUT2D eigenvalue weighted by Gasteiger charge is -2.13. The smallest absolute Gasteiger partial charge is 0.230 e. The van der Waals surface area contributed by atoms with Crippen molar-refractivity contribution in [2.75, 3.05) is 0 Å². The topological polar surface area (TPSA) is 66.7 Å². The zero-order valence-corrected chi connectivity index (χ0v) is 16.6. The van der Waals surface area contributed by atoms with Crippen molar-refractivity contribution in [2.45, 2.75) is 13.5 Å². The van der Waals surface area contributed by atoms with Crippen LogP contribution in [0.15, 0.2) is 77.8 Å². The Kier molecular flexibility index (Phi) is 5.86. The van der Waals surface area contributed by atoms with Crippen LogP contribution in [0.2, 0.25) is 0 Å². The van der Waals surface area contributed by atoms with Gasteiger partial charge >= 0.3 is 0 Å². The summed E-state index contributed by atoms with van der Waals surface area (Å²) in [6.45, 7) is 1.76. The highest BCUT2D eigenvalue weighted by Crippen LogP contribution is 2.27. The highest BCUT2D eigenvalue weighted by molar-refractivity contribution is 6.00. The predicted molar refractivity (Wildman–Crippen MR) is 115 cm³/mol. The standard InChI is InChI=1S/C24H19F2N3O2/c1-15-6-9-22(23(29-30)27-14-16-10-19(25)13-20(26)11-16)24(28-15)31-21-8-7-17-4-2-3-5-18(17)12-21/h2-13,30H,14H2,1H3,(H,27,29).